The number of nitrogens with zero attached hydrogens (tertiary/aromatic N) is 1. The normalized spacial score (nSPS) is 15.8. The molecule has 0 spiro atoms. The van der Waals surface area contributed by atoms with Crippen LogP contribution in [0.1, 0.15) is 85.8 Å². The maximum atomic E-state index is 10.6. The zero-order chi connectivity index (χ0) is 26.3. The van der Waals surface area contributed by atoms with Gasteiger partial charge in [-0.25, -0.2) is 4.98 Å². The first-order chi connectivity index (χ1) is 17.9. The van der Waals surface area contributed by atoms with E-state index in [2.05, 4.69) is 81.8 Å². The SMILES string of the molecule is CCC1=C(C)c2cc3cc(cc4[nH]c(cc5[nH]c(cc1n2)c(CC)c5CC)c(CC)c4C)C[C@H](O)C=C3. The Hall–Kier alpha value is -3.37. The third-order valence-corrected chi connectivity index (χ3v) is 8.05. The number of hydrogen-bond donors (Lipinski definition) is 3. The molecule has 0 fully saturated rings. The van der Waals surface area contributed by atoms with Crippen molar-refractivity contribution in [2.24, 2.45) is 0 Å². The number of aliphatic hydroxyl groups is 1. The average molecular weight is 494 g/mol. The molecule has 0 saturated heterocycles. The quantitative estimate of drug-likeness (QED) is 0.346. The van der Waals surface area contributed by atoms with E-state index in [9.17, 15) is 5.11 Å². The molecule has 2 aliphatic rings. The van der Waals surface area contributed by atoms with Crippen LogP contribution >= 0.6 is 0 Å². The maximum absolute atomic E-state index is 10.6. The van der Waals surface area contributed by atoms with Gasteiger partial charge in [-0.05, 0) is 108 Å². The van der Waals surface area contributed by atoms with Crippen LogP contribution in [0.3, 0.4) is 0 Å². The first-order valence-electron chi connectivity index (χ1n) is 13.8. The number of H-pyrrole nitrogens is 2. The second-order valence-corrected chi connectivity index (χ2v) is 10.3. The minimum absolute atomic E-state index is 0.511. The van der Waals surface area contributed by atoms with Crippen molar-refractivity contribution >= 4 is 39.3 Å². The Balaban J connectivity index is 1.99. The van der Waals surface area contributed by atoms with Crippen LogP contribution in [0, 0.1) is 6.92 Å². The average Bonchev–Trinajstić information content (AvgIpc) is 3.41. The summed E-state index contributed by atoms with van der Waals surface area (Å²) in [5.41, 5.74) is 16.7. The Kier molecular flexibility index (Phi) is 6.96. The zero-order valence-corrected chi connectivity index (χ0v) is 23.0. The lowest BCUT2D eigenvalue weighted by atomic mass is 10.0. The van der Waals surface area contributed by atoms with Gasteiger partial charge in [-0.1, -0.05) is 45.9 Å². The van der Waals surface area contributed by atoms with Crippen molar-refractivity contribution in [3.63, 3.8) is 0 Å². The number of aryl methyl sites for hydroxylation is 4. The Morgan fingerprint density at radius 2 is 1.41 bits per heavy atom. The summed E-state index contributed by atoms with van der Waals surface area (Å²) in [6.45, 7) is 13.3. The molecule has 0 unspecified atom stereocenters. The molecular formula is C33H39N3O. The molecule has 0 saturated carbocycles. The minimum atomic E-state index is -0.511. The van der Waals surface area contributed by atoms with Gasteiger partial charge in [-0.2, -0.15) is 0 Å². The van der Waals surface area contributed by atoms with Crippen molar-refractivity contribution in [3.05, 3.63) is 81.2 Å². The molecule has 3 aromatic rings. The van der Waals surface area contributed by atoms with Crippen molar-refractivity contribution in [3.8, 4) is 0 Å². The highest BCUT2D eigenvalue weighted by Crippen LogP contribution is 2.34. The van der Waals surface area contributed by atoms with E-state index in [0.717, 1.165) is 64.7 Å². The number of aromatic nitrogens is 3. The summed E-state index contributed by atoms with van der Waals surface area (Å²) >= 11 is 0. The first-order valence-corrected chi connectivity index (χ1v) is 13.8. The number of allylic oxidation sites excluding steroid dienone is 2. The number of aliphatic hydroxyl groups excluding tert-OH is 1. The Labute approximate surface area is 220 Å². The molecule has 1 aliphatic carbocycles. The Morgan fingerprint density at radius 3 is 2.08 bits per heavy atom. The monoisotopic (exact) mass is 493 g/mol. The van der Waals surface area contributed by atoms with E-state index in [4.69, 9.17) is 4.98 Å². The van der Waals surface area contributed by atoms with Crippen molar-refractivity contribution in [2.75, 3.05) is 0 Å². The van der Waals surface area contributed by atoms with Gasteiger partial charge in [0.05, 0.1) is 17.5 Å². The molecular weight excluding hydrogens is 454 g/mol. The van der Waals surface area contributed by atoms with Crippen LogP contribution in [-0.4, -0.2) is 26.2 Å². The zero-order valence-electron chi connectivity index (χ0n) is 23.0. The van der Waals surface area contributed by atoms with E-state index >= 15 is 0 Å². The second kappa shape index (κ2) is 10.2. The molecule has 4 nitrogen and oxygen atoms in total. The molecule has 3 N–H and O–H groups in total. The molecule has 1 aliphatic heterocycles. The van der Waals surface area contributed by atoms with E-state index in [-0.39, 0.29) is 0 Å². The van der Waals surface area contributed by atoms with Crippen LogP contribution in [0.4, 0.5) is 0 Å². The summed E-state index contributed by atoms with van der Waals surface area (Å²) in [5.74, 6) is 0. The fourth-order valence-corrected chi connectivity index (χ4v) is 6.08. The van der Waals surface area contributed by atoms with Gasteiger partial charge in [0.25, 0.3) is 0 Å². The predicted molar refractivity (Wildman–Crippen MR) is 158 cm³/mol. The van der Waals surface area contributed by atoms with E-state index in [1.54, 1.807) is 0 Å². The highest BCUT2D eigenvalue weighted by atomic mass is 16.3. The van der Waals surface area contributed by atoms with Crippen LogP contribution in [0.2, 0.25) is 0 Å². The number of fused-ring (bicyclic) bond motifs is 8. The molecule has 4 heteroatoms. The van der Waals surface area contributed by atoms with Crippen LogP contribution in [0.15, 0.2) is 36.4 Å². The summed E-state index contributed by atoms with van der Waals surface area (Å²) < 4.78 is 0. The summed E-state index contributed by atoms with van der Waals surface area (Å²) in [7, 11) is 0. The van der Waals surface area contributed by atoms with Crippen molar-refractivity contribution in [1.29, 1.82) is 0 Å². The highest BCUT2D eigenvalue weighted by Gasteiger charge is 2.17. The number of hydrogen-bond acceptors (Lipinski definition) is 2. The molecule has 3 aromatic heterocycles. The van der Waals surface area contributed by atoms with Crippen LogP contribution < -0.4 is 0 Å². The second-order valence-electron chi connectivity index (χ2n) is 10.3. The topological polar surface area (TPSA) is 64.7 Å². The molecule has 8 bridgehead atoms. The predicted octanol–water partition coefficient (Wildman–Crippen LogP) is 7.87. The van der Waals surface area contributed by atoms with Crippen LogP contribution in [0.5, 0.6) is 0 Å². The van der Waals surface area contributed by atoms with Gasteiger partial charge in [-0.15, -0.1) is 0 Å². The third kappa shape index (κ3) is 4.59. The molecule has 0 amide bonds. The van der Waals surface area contributed by atoms with Crippen molar-refractivity contribution in [2.45, 2.75) is 79.8 Å². The highest BCUT2D eigenvalue weighted by molar-refractivity contribution is 5.92. The fraction of sp³-hybridized carbons (Fsp3) is 0.364. The van der Waals surface area contributed by atoms with Crippen LogP contribution in [0.25, 0.3) is 39.3 Å². The Bertz CT molecular complexity index is 1580. The van der Waals surface area contributed by atoms with E-state index in [1.165, 1.54) is 38.9 Å². The molecule has 1 atom stereocenters. The summed E-state index contributed by atoms with van der Waals surface area (Å²) in [5, 5.41) is 10.6. The van der Waals surface area contributed by atoms with Crippen LogP contribution in [-0.2, 0) is 25.7 Å². The van der Waals surface area contributed by atoms with E-state index in [1.807, 2.05) is 12.2 Å². The number of rotatable bonds is 4. The lowest BCUT2D eigenvalue weighted by Gasteiger charge is -2.02. The molecule has 4 heterocycles. The third-order valence-electron chi connectivity index (χ3n) is 8.05. The lowest BCUT2D eigenvalue weighted by Crippen LogP contribution is -2.04. The van der Waals surface area contributed by atoms with E-state index < -0.39 is 6.10 Å². The van der Waals surface area contributed by atoms with E-state index in [0.29, 0.717) is 6.42 Å². The van der Waals surface area contributed by atoms with Crippen molar-refractivity contribution < 1.29 is 5.11 Å². The number of nitrogens with one attached hydrogen (secondary N) is 2. The van der Waals surface area contributed by atoms with Gasteiger partial charge in [0, 0.05) is 28.5 Å². The lowest BCUT2D eigenvalue weighted by molar-refractivity contribution is 0.225. The Morgan fingerprint density at radius 1 is 0.757 bits per heavy atom. The van der Waals surface area contributed by atoms with Crippen molar-refractivity contribution in [1.82, 2.24) is 15.0 Å². The van der Waals surface area contributed by atoms with Gasteiger partial charge in [0.1, 0.15) is 0 Å². The van der Waals surface area contributed by atoms with Gasteiger partial charge in [0.15, 0.2) is 0 Å². The standard InChI is InChI=1S/C33H39N3O/c1-7-24-19(5)28-15-21-11-12-23(37)14-22(13-21)16-29-20(6)25(8-2)31(35-29)18-33-27(10-4)26(9-3)32(36-33)17-30(24)34-28/h11-13,15-18,23,35-37H,7-10,14H2,1-6H3/t23-/m1/s1. The number of aromatic amines is 2. The molecule has 192 valence electrons. The van der Waals surface area contributed by atoms with Gasteiger partial charge in [-0.3, -0.25) is 0 Å². The van der Waals surface area contributed by atoms with Gasteiger partial charge < -0.3 is 15.1 Å². The molecule has 5 rings (SSSR count). The molecule has 0 radical (unpaired) electrons. The summed E-state index contributed by atoms with van der Waals surface area (Å²) in [6, 6.07) is 11.1. The fourth-order valence-electron chi connectivity index (χ4n) is 6.08. The smallest absolute Gasteiger partial charge is 0.0764 e. The summed E-state index contributed by atoms with van der Waals surface area (Å²) in [6.07, 6.45) is 7.82. The summed E-state index contributed by atoms with van der Waals surface area (Å²) in [4.78, 5) is 12.6. The van der Waals surface area contributed by atoms with Gasteiger partial charge >= 0.3 is 0 Å². The minimum Gasteiger partial charge on any atom is -0.389 e. The van der Waals surface area contributed by atoms with Gasteiger partial charge in [0.2, 0.25) is 0 Å². The first kappa shape index (κ1) is 25.3. The molecule has 0 aromatic carbocycles. The maximum Gasteiger partial charge on any atom is 0.0764 e. The largest absolute Gasteiger partial charge is 0.389 e. The molecule has 37 heavy (non-hydrogen) atoms.